The molecule has 0 amide bonds. The largest absolute Gasteiger partial charge is 0.392 e. The quantitative estimate of drug-likeness (QED) is 0.650. The maximum Gasteiger partial charge on any atom is 0.277 e. The number of hydrogen-bond donors (Lipinski definition) is 3. The lowest BCUT2D eigenvalue weighted by atomic mass is 10.2. The molecule has 1 aromatic carbocycles. The molecule has 1 saturated heterocycles. The molecular weight excluding hydrogens is 344 g/mol. The number of anilines is 3. The second-order valence-electron chi connectivity index (χ2n) is 6.72. The van der Waals surface area contributed by atoms with Gasteiger partial charge < -0.3 is 15.3 Å². The summed E-state index contributed by atoms with van der Waals surface area (Å²) in [5.74, 6) is 1.05. The number of rotatable bonds is 4. The second kappa shape index (κ2) is 7.71. The maximum absolute atomic E-state index is 12.4. The topological polar surface area (TPSA) is 107 Å². The van der Waals surface area contributed by atoms with Gasteiger partial charge in [-0.25, -0.2) is 10.1 Å². The summed E-state index contributed by atoms with van der Waals surface area (Å²) in [6.45, 7) is 1.76. The molecule has 2 aromatic heterocycles. The van der Waals surface area contributed by atoms with Crippen LogP contribution in [0, 0.1) is 0 Å². The lowest BCUT2D eigenvalue weighted by molar-refractivity contribution is 0.282. The van der Waals surface area contributed by atoms with Gasteiger partial charge in [-0.2, -0.15) is 10.1 Å². The van der Waals surface area contributed by atoms with Crippen molar-refractivity contribution >= 4 is 28.4 Å². The average molecular weight is 366 g/mol. The van der Waals surface area contributed by atoms with Crippen LogP contribution >= 0.6 is 0 Å². The van der Waals surface area contributed by atoms with Crippen molar-refractivity contribution in [3.63, 3.8) is 0 Å². The van der Waals surface area contributed by atoms with E-state index in [0.29, 0.717) is 22.7 Å². The summed E-state index contributed by atoms with van der Waals surface area (Å²) >= 11 is 0. The number of H-pyrrole nitrogens is 1. The Bertz CT molecular complexity index is 995. The highest BCUT2D eigenvalue weighted by atomic mass is 16.3. The van der Waals surface area contributed by atoms with E-state index in [0.717, 1.165) is 37.2 Å². The van der Waals surface area contributed by atoms with Gasteiger partial charge in [0.05, 0.1) is 12.8 Å². The van der Waals surface area contributed by atoms with Crippen molar-refractivity contribution in [1.82, 2.24) is 20.2 Å². The predicted molar refractivity (Wildman–Crippen MR) is 104 cm³/mol. The fraction of sp³-hybridized carbons (Fsp3) is 0.368. The lowest BCUT2D eigenvalue weighted by Gasteiger charge is -2.21. The third-order valence-corrected chi connectivity index (χ3v) is 4.77. The zero-order valence-electron chi connectivity index (χ0n) is 15.0. The molecule has 0 saturated carbocycles. The lowest BCUT2D eigenvalue weighted by Crippen LogP contribution is -2.26. The van der Waals surface area contributed by atoms with Crippen LogP contribution in [-0.2, 0) is 6.61 Å². The van der Waals surface area contributed by atoms with Gasteiger partial charge in [-0.1, -0.05) is 25.0 Å². The average Bonchev–Trinajstić information content (AvgIpc) is 2.97. The van der Waals surface area contributed by atoms with Crippen molar-refractivity contribution in [1.29, 1.82) is 0 Å². The first-order chi connectivity index (χ1) is 13.2. The molecule has 27 heavy (non-hydrogen) atoms. The number of benzene rings is 1. The van der Waals surface area contributed by atoms with Crippen molar-refractivity contribution in [2.75, 3.05) is 23.3 Å². The summed E-state index contributed by atoms with van der Waals surface area (Å²) in [6, 6.07) is 7.38. The Morgan fingerprint density at radius 2 is 1.96 bits per heavy atom. The Kier molecular flexibility index (Phi) is 4.97. The number of aliphatic hydroxyl groups is 1. The molecule has 8 heteroatoms. The molecule has 0 bridgehead atoms. The Morgan fingerprint density at radius 3 is 2.74 bits per heavy atom. The van der Waals surface area contributed by atoms with Crippen LogP contribution in [0.5, 0.6) is 0 Å². The van der Waals surface area contributed by atoms with Gasteiger partial charge in [-0.3, -0.25) is 4.79 Å². The van der Waals surface area contributed by atoms with Gasteiger partial charge in [-0.15, -0.1) is 0 Å². The van der Waals surface area contributed by atoms with Crippen LogP contribution in [0.1, 0.15) is 31.2 Å². The van der Waals surface area contributed by atoms with E-state index in [9.17, 15) is 9.90 Å². The van der Waals surface area contributed by atoms with Gasteiger partial charge in [0.2, 0.25) is 5.95 Å². The van der Waals surface area contributed by atoms with Crippen molar-refractivity contribution < 1.29 is 5.11 Å². The van der Waals surface area contributed by atoms with E-state index < -0.39 is 0 Å². The first kappa shape index (κ1) is 17.4. The molecule has 0 spiro atoms. The third-order valence-electron chi connectivity index (χ3n) is 4.77. The Hall–Kier alpha value is -3.00. The van der Waals surface area contributed by atoms with Gasteiger partial charge in [-0.05, 0) is 30.5 Å². The molecule has 3 N–H and O–H groups in total. The smallest absolute Gasteiger partial charge is 0.277 e. The van der Waals surface area contributed by atoms with E-state index in [1.54, 1.807) is 6.20 Å². The highest BCUT2D eigenvalue weighted by molar-refractivity contribution is 5.90. The molecule has 140 valence electrons. The first-order valence-corrected chi connectivity index (χ1v) is 9.22. The Balaban J connectivity index is 1.79. The van der Waals surface area contributed by atoms with Crippen LogP contribution in [-0.4, -0.2) is 38.4 Å². The summed E-state index contributed by atoms with van der Waals surface area (Å²) in [6.07, 6.45) is 6.19. The van der Waals surface area contributed by atoms with E-state index in [-0.39, 0.29) is 12.2 Å². The van der Waals surface area contributed by atoms with Crippen LogP contribution in [0.3, 0.4) is 0 Å². The summed E-state index contributed by atoms with van der Waals surface area (Å²) in [5.41, 5.74) is 1.70. The van der Waals surface area contributed by atoms with Gasteiger partial charge in [0.15, 0.2) is 0 Å². The van der Waals surface area contributed by atoms with Crippen LogP contribution in [0.25, 0.3) is 10.9 Å². The fourth-order valence-corrected chi connectivity index (χ4v) is 3.38. The van der Waals surface area contributed by atoms with E-state index in [2.05, 4.69) is 30.4 Å². The van der Waals surface area contributed by atoms with Crippen molar-refractivity contribution in [3.8, 4) is 0 Å². The van der Waals surface area contributed by atoms with E-state index in [4.69, 9.17) is 0 Å². The molecule has 3 heterocycles. The molecule has 1 fully saturated rings. The SMILES string of the molecule is O=c1[nH]ncc2nc(N3CCCCCC3)nc(Nc3cccc(CO)c3)c12. The number of nitrogens with zero attached hydrogens (tertiary/aromatic N) is 4. The van der Waals surface area contributed by atoms with E-state index in [1.165, 1.54) is 12.8 Å². The number of aliphatic hydroxyl groups excluding tert-OH is 1. The minimum atomic E-state index is -0.337. The molecular formula is C19H22N6O2. The molecule has 1 aliphatic rings. The fourth-order valence-electron chi connectivity index (χ4n) is 3.38. The number of aromatic nitrogens is 4. The minimum absolute atomic E-state index is 0.0520. The number of aromatic amines is 1. The predicted octanol–water partition coefficient (Wildman–Crippen LogP) is 2.33. The molecule has 0 radical (unpaired) electrons. The monoisotopic (exact) mass is 366 g/mol. The number of fused-ring (bicyclic) bond motifs is 1. The molecule has 0 atom stereocenters. The standard InChI is InChI=1S/C19H22N6O2/c26-12-13-6-5-7-14(10-13)21-17-16-15(11-20-24-18(16)27)22-19(23-17)25-8-3-1-2-4-9-25/h5-7,10-11,26H,1-4,8-9,12H2,(H,24,27)(H,21,22,23). The number of nitrogens with one attached hydrogen (secondary N) is 2. The minimum Gasteiger partial charge on any atom is -0.392 e. The Morgan fingerprint density at radius 1 is 1.15 bits per heavy atom. The molecule has 0 aliphatic carbocycles. The van der Waals surface area contributed by atoms with Crippen molar-refractivity contribution in [2.45, 2.75) is 32.3 Å². The highest BCUT2D eigenvalue weighted by Crippen LogP contribution is 2.25. The van der Waals surface area contributed by atoms with Crippen molar-refractivity contribution in [3.05, 3.63) is 46.4 Å². The normalized spacial score (nSPS) is 14.9. The third kappa shape index (κ3) is 3.75. The van der Waals surface area contributed by atoms with Crippen molar-refractivity contribution in [2.24, 2.45) is 0 Å². The zero-order valence-corrected chi connectivity index (χ0v) is 15.0. The summed E-state index contributed by atoms with van der Waals surface area (Å²) in [4.78, 5) is 23.8. The molecule has 0 unspecified atom stereocenters. The van der Waals surface area contributed by atoms with E-state index >= 15 is 0 Å². The van der Waals surface area contributed by atoms with Crippen LogP contribution in [0.15, 0.2) is 35.3 Å². The maximum atomic E-state index is 12.4. The van der Waals surface area contributed by atoms with E-state index in [1.807, 2.05) is 24.3 Å². The van der Waals surface area contributed by atoms with Gasteiger partial charge in [0.1, 0.15) is 16.7 Å². The van der Waals surface area contributed by atoms with Gasteiger partial charge >= 0.3 is 0 Å². The summed E-state index contributed by atoms with van der Waals surface area (Å²) in [5, 5.41) is 19.3. The highest BCUT2D eigenvalue weighted by Gasteiger charge is 2.17. The van der Waals surface area contributed by atoms with Crippen LogP contribution < -0.4 is 15.8 Å². The molecule has 1 aliphatic heterocycles. The first-order valence-electron chi connectivity index (χ1n) is 9.22. The molecule has 4 rings (SSSR count). The second-order valence-corrected chi connectivity index (χ2v) is 6.72. The summed E-state index contributed by atoms with van der Waals surface area (Å²) in [7, 11) is 0. The summed E-state index contributed by atoms with van der Waals surface area (Å²) < 4.78 is 0. The Labute approximate surface area is 156 Å². The number of hydrogen-bond acceptors (Lipinski definition) is 7. The van der Waals surface area contributed by atoms with Crippen LogP contribution in [0.2, 0.25) is 0 Å². The molecule has 3 aromatic rings. The van der Waals surface area contributed by atoms with Gasteiger partial charge in [0, 0.05) is 18.8 Å². The molecule has 8 nitrogen and oxygen atoms in total. The van der Waals surface area contributed by atoms with Crippen LogP contribution in [0.4, 0.5) is 17.5 Å². The van der Waals surface area contributed by atoms with Gasteiger partial charge in [0.25, 0.3) is 5.56 Å². The zero-order chi connectivity index (χ0) is 18.6.